The van der Waals surface area contributed by atoms with Crippen LogP contribution in [0.2, 0.25) is 0 Å². The molecule has 3 N–H and O–H groups in total. The molecule has 0 heterocycles. The van der Waals surface area contributed by atoms with Gasteiger partial charge in [-0.1, -0.05) is 0 Å². The fraction of sp³-hybridized carbons (Fsp3) is 0.857. The minimum atomic E-state index is -2.77. The van der Waals surface area contributed by atoms with E-state index in [0.29, 0.717) is 0 Å². The summed E-state index contributed by atoms with van der Waals surface area (Å²) in [7, 11) is 0. The first-order chi connectivity index (χ1) is 5.42. The van der Waals surface area contributed by atoms with E-state index in [-0.39, 0.29) is 12.8 Å². The van der Waals surface area contributed by atoms with Crippen LogP contribution in [0.15, 0.2) is 0 Å². The fourth-order valence-electron chi connectivity index (χ4n) is 1.48. The predicted octanol–water partition coefficient (Wildman–Crippen LogP) is 0.834. The van der Waals surface area contributed by atoms with Gasteiger partial charge in [0.05, 0.1) is 5.92 Å². The molecule has 0 radical (unpaired) electrons. The molecule has 2 atom stereocenters. The Kier molecular flexibility index (Phi) is 2.32. The van der Waals surface area contributed by atoms with Crippen LogP contribution >= 0.6 is 0 Å². The Labute approximate surface area is 68.5 Å². The third-order valence-electron chi connectivity index (χ3n) is 2.19. The van der Waals surface area contributed by atoms with Gasteiger partial charge in [0, 0.05) is 18.9 Å². The van der Waals surface area contributed by atoms with E-state index in [1.54, 1.807) is 0 Å². The summed E-state index contributed by atoms with van der Waals surface area (Å²) < 4.78 is 25.2. The molecule has 0 aliphatic heterocycles. The highest BCUT2D eigenvalue weighted by molar-refractivity contribution is 5.71. The molecule has 1 saturated carbocycles. The fourth-order valence-corrected chi connectivity index (χ4v) is 1.48. The summed E-state index contributed by atoms with van der Waals surface area (Å²) in [5, 5.41) is 8.55. The standard InChI is InChI=1S/C7H11F2NO2/c8-7(9)2-1-4(6(11)12)5(10)3-7/h4-5H,1-3,10H2,(H,11,12). The smallest absolute Gasteiger partial charge is 0.308 e. The number of nitrogens with two attached hydrogens (primary N) is 1. The molecular formula is C7H11F2NO2. The van der Waals surface area contributed by atoms with Crippen molar-refractivity contribution >= 4 is 5.97 Å². The van der Waals surface area contributed by atoms with Gasteiger partial charge in [0.1, 0.15) is 0 Å². The van der Waals surface area contributed by atoms with E-state index in [2.05, 4.69) is 0 Å². The van der Waals surface area contributed by atoms with Crippen LogP contribution in [0.1, 0.15) is 19.3 Å². The molecule has 2 unspecified atom stereocenters. The topological polar surface area (TPSA) is 63.3 Å². The second-order valence-corrected chi connectivity index (χ2v) is 3.21. The van der Waals surface area contributed by atoms with Gasteiger partial charge in [-0.2, -0.15) is 0 Å². The quantitative estimate of drug-likeness (QED) is 0.626. The first-order valence-electron chi connectivity index (χ1n) is 3.78. The number of halogens is 2. The highest BCUT2D eigenvalue weighted by Crippen LogP contribution is 2.35. The van der Waals surface area contributed by atoms with E-state index in [1.165, 1.54) is 0 Å². The maximum absolute atomic E-state index is 12.6. The van der Waals surface area contributed by atoms with Gasteiger partial charge in [-0.25, -0.2) is 8.78 Å². The third-order valence-corrected chi connectivity index (χ3v) is 2.19. The number of rotatable bonds is 1. The first kappa shape index (κ1) is 9.38. The minimum Gasteiger partial charge on any atom is -0.481 e. The van der Waals surface area contributed by atoms with Crippen molar-refractivity contribution in [2.24, 2.45) is 11.7 Å². The summed E-state index contributed by atoms with van der Waals surface area (Å²) in [6.07, 6.45) is -0.898. The molecule has 0 spiro atoms. The van der Waals surface area contributed by atoms with Gasteiger partial charge in [0.2, 0.25) is 5.92 Å². The molecule has 1 fully saturated rings. The van der Waals surface area contributed by atoms with Crippen LogP contribution in [0, 0.1) is 5.92 Å². The highest BCUT2D eigenvalue weighted by atomic mass is 19.3. The summed E-state index contributed by atoms with van der Waals surface area (Å²) in [5.74, 6) is -4.65. The average molecular weight is 179 g/mol. The Morgan fingerprint density at radius 3 is 2.58 bits per heavy atom. The van der Waals surface area contributed by atoms with E-state index >= 15 is 0 Å². The summed E-state index contributed by atoms with van der Waals surface area (Å²) in [5.41, 5.74) is 5.29. The number of hydrogen-bond acceptors (Lipinski definition) is 2. The molecular weight excluding hydrogens is 168 g/mol. The molecule has 0 saturated heterocycles. The summed E-state index contributed by atoms with van der Waals surface area (Å²) >= 11 is 0. The zero-order valence-electron chi connectivity index (χ0n) is 6.46. The molecule has 1 aliphatic rings. The van der Waals surface area contributed by atoms with Crippen LogP contribution in [0.5, 0.6) is 0 Å². The van der Waals surface area contributed by atoms with Crippen molar-refractivity contribution in [3.05, 3.63) is 0 Å². The van der Waals surface area contributed by atoms with Gasteiger partial charge in [-0.3, -0.25) is 4.79 Å². The summed E-state index contributed by atoms with van der Waals surface area (Å²) in [6, 6.07) is -0.911. The lowest BCUT2D eigenvalue weighted by atomic mass is 9.83. The Bertz CT molecular complexity index is 196. The molecule has 12 heavy (non-hydrogen) atoms. The van der Waals surface area contributed by atoms with Crippen LogP contribution in [0.25, 0.3) is 0 Å². The normalized spacial score (nSPS) is 34.6. The molecule has 70 valence electrons. The van der Waals surface area contributed by atoms with Crippen LogP contribution in [0.4, 0.5) is 8.78 Å². The van der Waals surface area contributed by atoms with Gasteiger partial charge in [0.15, 0.2) is 0 Å². The number of aliphatic carboxylic acids is 1. The van der Waals surface area contributed by atoms with E-state index < -0.39 is 30.3 Å². The van der Waals surface area contributed by atoms with Crippen LogP contribution < -0.4 is 5.73 Å². The highest BCUT2D eigenvalue weighted by Gasteiger charge is 2.42. The van der Waals surface area contributed by atoms with E-state index in [0.717, 1.165) is 0 Å². The minimum absolute atomic E-state index is 0.0243. The van der Waals surface area contributed by atoms with Gasteiger partial charge >= 0.3 is 5.97 Å². The lowest BCUT2D eigenvalue weighted by Crippen LogP contribution is -2.44. The number of carboxylic acids is 1. The summed E-state index contributed by atoms with van der Waals surface area (Å²) in [6.45, 7) is 0. The van der Waals surface area contributed by atoms with Gasteiger partial charge in [0.25, 0.3) is 0 Å². The van der Waals surface area contributed by atoms with Crippen LogP contribution in [-0.4, -0.2) is 23.0 Å². The monoisotopic (exact) mass is 179 g/mol. The SMILES string of the molecule is NC1CC(F)(F)CCC1C(=O)O. The molecule has 1 rings (SSSR count). The molecule has 0 aromatic heterocycles. The Morgan fingerprint density at radius 2 is 2.17 bits per heavy atom. The Hall–Kier alpha value is -0.710. The second-order valence-electron chi connectivity index (χ2n) is 3.21. The van der Waals surface area contributed by atoms with Gasteiger partial charge in [-0.05, 0) is 6.42 Å². The average Bonchev–Trinajstić information content (AvgIpc) is 1.83. The lowest BCUT2D eigenvalue weighted by Gasteiger charge is -2.31. The predicted molar refractivity (Wildman–Crippen MR) is 37.9 cm³/mol. The van der Waals surface area contributed by atoms with Crippen molar-refractivity contribution in [1.29, 1.82) is 0 Å². The maximum Gasteiger partial charge on any atom is 0.308 e. The number of carboxylic acid groups (broad SMARTS) is 1. The number of alkyl halides is 2. The molecule has 0 aromatic rings. The van der Waals surface area contributed by atoms with Crippen molar-refractivity contribution in [2.45, 2.75) is 31.2 Å². The van der Waals surface area contributed by atoms with Crippen molar-refractivity contribution in [2.75, 3.05) is 0 Å². The Balaban J connectivity index is 2.60. The second kappa shape index (κ2) is 2.97. The zero-order valence-corrected chi connectivity index (χ0v) is 6.46. The largest absolute Gasteiger partial charge is 0.481 e. The van der Waals surface area contributed by atoms with Gasteiger partial charge < -0.3 is 10.8 Å². The number of carbonyl (C=O) groups is 1. The molecule has 3 nitrogen and oxygen atoms in total. The Morgan fingerprint density at radius 1 is 1.58 bits per heavy atom. The van der Waals surface area contributed by atoms with Crippen molar-refractivity contribution < 1.29 is 18.7 Å². The van der Waals surface area contributed by atoms with Crippen molar-refractivity contribution in [3.8, 4) is 0 Å². The zero-order chi connectivity index (χ0) is 9.35. The summed E-state index contributed by atoms with van der Waals surface area (Å²) in [4.78, 5) is 10.5. The maximum atomic E-state index is 12.6. The van der Waals surface area contributed by atoms with Crippen molar-refractivity contribution in [3.63, 3.8) is 0 Å². The lowest BCUT2D eigenvalue weighted by molar-refractivity contribution is -0.147. The molecule has 0 bridgehead atoms. The third kappa shape index (κ3) is 1.91. The van der Waals surface area contributed by atoms with E-state index in [4.69, 9.17) is 10.8 Å². The van der Waals surface area contributed by atoms with Crippen molar-refractivity contribution in [1.82, 2.24) is 0 Å². The van der Waals surface area contributed by atoms with E-state index in [9.17, 15) is 13.6 Å². The molecule has 0 aromatic carbocycles. The van der Waals surface area contributed by atoms with Crippen LogP contribution in [-0.2, 0) is 4.79 Å². The van der Waals surface area contributed by atoms with E-state index in [1.807, 2.05) is 0 Å². The first-order valence-corrected chi connectivity index (χ1v) is 3.78. The van der Waals surface area contributed by atoms with Gasteiger partial charge in [-0.15, -0.1) is 0 Å². The number of hydrogen-bond donors (Lipinski definition) is 2. The molecule has 1 aliphatic carbocycles. The molecule has 0 amide bonds. The van der Waals surface area contributed by atoms with Crippen LogP contribution in [0.3, 0.4) is 0 Å². The molecule has 5 heteroatoms.